The molecule has 1 fully saturated rings. The third-order valence-electron chi connectivity index (χ3n) is 4.05. The van der Waals surface area contributed by atoms with Gasteiger partial charge in [0.2, 0.25) is 11.9 Å². The lowest BCUT2D eigenvalue weighted by molar-refractivity contribution is 0.0888. The van der Waals surface area contributed by atoms with Crippen molar-refractivity contribution >= 4 is 28.7 Å². The number of hydrogen-bond acceptors (Lipinski definition) is 9. The number of hydrogen-bond donors (Lipinski definition) is 1. The van der Waals surface area contributed by atoms with Crippen LogP contribution < -0.4 is 19.1 Å². The van der Waals surface area contributed by atoms with Crippen LogP contribution in [0.2, 0.25) is 0 Å². The summed E-state index contributed by atoms with van der Waals surface area (Å²) in [5.41, 5.74) is 0. The standard InChI is InChI=1S/C16H19N3O5S2/c20-11(9-22-12-1-2-13-14(7-12)24-10-23-13)8-19-16(25)26-15(17-19)18-3-5-21-6-4-18/h1-2,7,11,20H,3-6,8-10H2. The van der Waals surface area contributed by atoms with E-state index in [9.17, 15) is 5.11 Å². The zero-order valence-corrected chi connectivity index (χ0v) is 15.6. The number of fused-ring (bicyclic) bond motifs is 1. The molecule has 0 amide bonds. The van der Waals surface area contributed by atoms with Gasteiger partial charge in [0, 0.05) is 19.2 Å². The van der Waals surface area contributed by atoms with E-state index in [0.29, 0.717) is 34.4 Å². The molecule has 4 rings (SSSR count). The lowest BCUT2D eigenvalue weighted by Gasteiger charge is -2.25. The number of aromatic nitrogens is 2. The first-order valence-corrected chi connectivity index (χ1v) is 9.53. The van der Waals surface area contributed by atoms with Gasteiger partial charge in [0.05, 0.1) is 19.8 Å². The summed E-state index contributed by atoms with van der Waals surface area (Å²) in [6.07, 6.45) is -0.730. The van der Waals surface area contributed by atoms with Gasteiger partial charge in [-0.3, -0.25) is 0 Å². The summed E-state index contributed by atoms with van der Waals surface area (Å²) < 4.78 is 23.9. The Balaban J connectivity index is 1.33. The van der Waals surface area contributed by atoms with Gasteiger partial charge in [0.25, 0.3) is 0 Å². The van der Waals surface area contributed by atoms with E-state index in [1.165, 1.54) is 11.3 Å². The van der Waals surface area contributed by atoms with E-state index in [0.717, 1.165) is 18.2 Å². The second kappa shape index (κ2) is 7.78. The zero-order valence-electron chi connectivity index (χ0n) is 14.0. The maximum atomic E-state index is 10.3. The smallest absolute Gasteiger partial charge is 0.231 e. The minimum absolute atomic E-state index is 0.131. The van der Waals surface area contributed by atoms with Gasteiger partial charge in [0.1, 0.15) is 18.5 Å². The molecule has 3 heterocycles. The van der Waals surface area contributed by atoms with Crippen LogP contribution >= 0.6 is 23.6 Å². The highest BCUT2D eigenvalue weighted by Crippen LogP contribution is 2.35. The molecule has 1 N–H and O–H groups in total. The number of benzene rings is 1. The van der Waals surface area contributed by atoms with Crippen LogP contribution in [0.15, 0.2) is 18.2 Å². The molecule has 140 valence electrons. The Morgan fingerprint density at radius 1 is 1.27 bits per heavy atom. The summed E-state index contributed by atoms with van der Waals surface area (Å²) >= 11 is 6.82. The van der Waals surface area contributed by atoms with E-state index in [-0.39, 0.29) is 19.9 Å². The number of anilines is 1. The molecule has 0 spiro atoms. The van der Waals surface area contributed by atoms with Gasteiger partial charge in [-0.2, -0.15) is 0 Å². The van der Waals surface area contributed by atoms with Crippen molar-refractivity contribution < 1.29 is 24.1 Å². The summed E-state index contributed by atoms with van der Waals surface area (Å²) in [5, 5.41) is 15.7. The van der Waals surface area contributed by atoms with Gasteiger partial charge in [-0.05, 0) is 24.4 Å². The molecular weight excluding hydrogens is 378 g/mol. The van der Waals surface area contributed by atoms with Crippen LogP contribution in [-0.2, 0) is 11.3 Å². The molecule has 8 nitrogen and oxygen atoms in total. The molecule has 2 aliphatic heterocycles. The van der Waals surface area contributed by atoms with E-state index in [1.54, 1.807) is 22.9 Å². The number of aliphatic hydroxyl groups is 1. The third kappa shape index (κ3) is 3.93. The molecule has 1 saturated heterocycles. The number of rotatable bonds is 6. The highest BCUT2D eigenvalue weighted by Gasteiger charge is 2.18. The first kappa shape index (κ1) is 17.5. The molecule has 10 heteroatoms. The lowest BCUT2D eigenvalue weighted by atomic mass is 10.3. The fraction of sp³-hybridized carbons (Fsp3) is 0.500. The molecule has 0 aliphatic carbocycles. The van der Waals surface area contributed by atoms with Crippen LogP contribution in [0.3, 0.4) is 0 Å². The highest BCUT2D eigenvalue weighted by molar-refractivity contribution is 7.73. The normalized spacial score (nSPS) is 17.3. The monoisotopic (exact) mass is 397 g/mol. The topological polar surface area (TPSA) is 78.2 Å². The predicted octanol–water partition coefficient (Wildman–Crippen LogP) is 1.68. The van der Waals surface area contributed by atoms with Crippen molar-refractivity contribution in [3.05, 3.63) is 22.2 Å². The summed E-state index contributed by atoms with van der Waals surface area (Å²) in [6.45, 7) is 3.62. The van der Waals surface area contributed by atoms with Crippen molar-refractivity contribution in [1.29, 1.82) is 0 Å². The van der Waals surface area contributed by atoms with Gasteiger partial charge in [0.15, 0.2) is 15.5 Å². The zero-order chi connectivity index (χ0) is 17.9. The number of morpholine rings is 1. The average molecular weight is 397 g/mol. The Morgan fingerprint density at radius 2 is 2.08 bits per heavy atom. The van der Waals surface area contributed by atoms with Crippen molar-refractivity contribution in [2.24, 2.45) is 0 Å². The summed E-state index contributed by atoms with van der Waals surface area (Å²) in [4.78, 5) is 2.15. The van der Waals surface area contributed by atoms with Crippen LogP contribution in [0, 0.1) is 3.95 Å². The van der Waals surface area contributed by atoms with Crippen molar-refractivity contribution in [3.8, 4) is 17.2 Å². The first-order valence-electron chi connectivity index (χ1n) is 8.30. The molecule has 26 heavy (non-hydrogen) atoms. The second-order valence-electron chi connectivity index (χ2n) is 5.91. The maximum Gasteiger partial charge on any atom is 0.231 e. The molecule has 1 aromatic heterocycles. The van der Waals surface area contributed by atoms with Gasteiger partial charge < -0.3 is 29.0 Å². The van der Waals surface area contributed by atoms with Crippen LogP contribution in [0.1, 0.15) is 0 Å². The van der Waals surface area contributed by atoms with Crippen LogP contribution in [0.4, 0.5) is 5.13 Å². The second-order valence-corrected chi connectivity index (χ2v) is 7.51. The maximum absolute atomic E-state index is 10.3. The number of ether oxygens (including phenoxy) is 4. The number of nitrogens with zero attached hydrogens (tertiary/aromatic N) is 3. The number of aliphatic hydroxyl groups excluding tert-OH is 1. The molecule has 0 radical (unpaired) electrons. The molecule has 2 aliphatic rings. The summed E-state index contributed by atoms with van der Waals surface area (Å²) in [5.74, 6) is 1.96. The average Bonchev–Trinajstić information content (AvgIpc) is 3.27. The predicted molar refractivity (Wildman–Crippen MR) is 98.0 cm³/mol. The van der Waals surface area contributed by atoms with Gasteiger partial charge in [-0.25, -0.2) is 4.68 Å². The quantitative estimate of drug-likeness (QED) is 0.738. The minimum atomic E-state index is -0.730. The van der Waals surface area contributed by atoms with Crippen LogP contribution in [0.5, 0.6) is 17.2 Å². The summed E-state index contributed by atoms with van der Waals surface area (Å²) in [7, 11) is 0. The first-order chi connectivity index (χ1) is 12.7. The molecule has 1 atom stereocenters. The largest absolute Gasteiger partial charge is 0.491 e. The van der Waals surface area contributed by atoms with E-state index in [1.807, 2.05) is 0 Å². The van der Waals surface area contributed by atoms with Gasteiger partial charge >= 0.3 is 0 Å². The Kier molecular flexibility index (Phi) is 5.25. The fourth-order valence-electron chi connectivity index (χ4n) is 2.70. The molecular formula is C16H19N3O5S2. The van der Waals surface area contributed by atoms with E-state index < -0.39 is 6.10 Å². The Labute approximate surface area is 159 Å². The molecule has 0 saturated carbocycles. The third-order valence-corrected chi connectivity index (χ3v) is 5.42. The van der Waals surface area contributed by atoms with E-state index in [4.69, 9.17) is 31.2 Å². The Morgan fingerprint density at radius 3 is 2.92 bits per heavy atom. The molecule has 1 aromatic carbocycles. The van der Waals surface area contributed by atoms with Crippen molar-refractivity contribution in [1.82, 2.24) is 9.78 Å². The lowest BCUT2D eigenvalue weighted by Crippen LogP contribution is -2.36. The minimum Gasteiger partial charge on any atom is -0.491 e. The van der Waals surface area contributed by atoms with Gasteiger partial charge in [-0.15, -0.1) is 5.10 Å². The van der Waals surface area contributed by atoms with Crippen LogP contribution in [-0.4, -0.2) is 60.7 Å². The van der Waals surface area contributed by atoms with E-state index >= 15 is 0 Å². The van der Waals surface area contributed by atoms with Gasteiger partial charge in [-0.1, -0.05) is 11.3 Å². The van der Waals surface area contributed by atoms with Crippen molar-refractivity contribution in [2.75, 3.05) is 44.6 Å². The SMILES string of the molecule is OC(COc1ccc2c(c1)OCO2)Cn1nc(N2CCOCC2)sc1=S. The summed E-state index contributed by atoms with van der Waals surface area (Å²) in [6, 6.07) is 5.32. The van der Waals surface area contributed by atoms with Crippen LogP contribution in [0.25, 0.3) is 0 Å². The molecule has 1 unspecified atom stereocenters. The Hall–Kier alpha value is -1.88. The molecule has 2 aromatic rings. The van der Waals surface area contributed by atoms with Crippen molar-refractivity contribution in [3.63, 3.8) is 0 Å². The Bertz CT molecular complexity index is 818. The van der Waals surface area contributed by atoms with Crippen molar-refractivity contribution in [2.45, 2.75) is 12.6 Å². The fourth-order valence-corrected chi connectivity index (χ4v) is 3.87. The highest BCUT2D eigenvalue weighted by atomic mass is 32.1. The van der Waals surface area contributed by atoms with E-state index in [2.05, 4.69) is 10.00 Å². The molecule has 0 bridgehead atoms.